The van der Waals surface area contributed by atoms with E-state index in [1.807, 2.05) is 0 Å². The Morgan fingerprint density at radius 1 is 0.333 bits per heavy atom. The van der Waals surface area contributed by atoms with E-state index >= 15 is 0 Å². The molecule has 0 amide bonds. The highest BCUT2D eigenvalue weighted by atomic mass is 16.6. The largest absolute Gasteiger partial charge is 0.462 e. The summed E-state index contributed by atoms with van der Waals surface area (Å²) in [5.74, 6) is -0.00718. The predicted molar refractivity (Wildman–Crippen MR) is 243 cm³/mol. The first-order chi connectivity index (χ1) is 27.9. The standard InChI is InChI=1S/C51H98O6/c1-5-7-9-11-13-14-15-16-17-22-25-28-32-36-40-44-51(54)57-48(45-55-49(52)42-38-34-29-12-10-8-6-2)46-56-50(53)43-39-35-31-27-24-21-19-18-20-23-26-30-33-37-41-47(3)4/h47-48H,5-46H2,1-4H3/t48-/m0/s1. The van der Waals surface area contributed by atoms with Gasteiger partial charge in [-0.15, -0.1) is 0 Å². The Hall–Kier alpha value is -1.59. The van der Waals surface area contributed by atoms with Crippen molar-refractivity contribution in [2.45, 2.75) is 291 Å². The van der Waals surface area contributed by atoms with Gasteiger partial charge in [0.25, 0.3) is 0 Å². The van der Waals surface area contributed by atoms with Gasteiger partial charge >= 0.3 is 17.9 Å². The highest BCUT2D eigenvalue weighted by molar-refractivity contribution is 5.71. The summed E-state index contributed by atoms with van der Waals surface area (Å²) in [6.07, 6.45) is 46.7. The van der Waals surface area contributed by atoms with Crippen LogP contribution in [0.1, 0.15) is 285 Å². The fraction of sp³-hybridized carbons (Fsp3) is 0.941. The lowest BCUT2D eigenvalue weighted by atomic mass is 10.0. The lowest BCUT2D eigenvalue weighted by molar-refractivity contribution is -0.167. The average molecular weight is 807 g/mol. The highest BCUT2D eigenvalue weighted by Crippen LogP contribution is 2.17. The molecule has 0 aromatic rings. The van der Waals surface area contributed by atoms with Crippen molar-refractivity contribution in [3.63, 3.8) is 0 Å². The minimum absolute atomic E-state index is 0.0632. The molecule has 0 aromatic heterocycles. The number of ether oxygens (including phenoxy) is 3. The SMILES string of the molecule is CCCCCCCCCCCCCCCCCC(=O)O[C@@H](COC(=O)CCCCCCCCC)COC(=O)CCCCCCCCCCCCCCCCC(C)C. The van der Waals surface area contributed by atoms with Gasteiger partial charge in [-0.25, -0.2) is 0 Å². The Morgan fingerprint density at radius 3 is 0.860 bits per heavy atom. The molecule has 0 heterocycles. The van der Waals surface area contributed by atoms with E-state index in [1.165, 1.54) is 180 Å². The summed E-state index contributed by atoms with van der Waals surface area (Å²) in [7, 11) is 0. The molecule has 0 aliphatic heterocycles. The third kappa shape index (κ3) is 45.3. The second-order valence-electron chi connectivity index (χ2n) is 17.9. The monoisotopic (exact) mass is 807 g/mol. The maximum Gasteiger partial charge on any atom is 0.306 e. The first-order valence-electron chi connectivity index (χ1n) is 25.4. The Balaban J connectivity index is 4.20. The second-order valence-corrected chi connectivity index (χ2v) is 17.9. The van der Waals surface area contributed by atoms with Crippen LogP contribution in [0.2, 0.25) is 0 Å². The van der Waals surface area contributed by atoms with Gasteiger partial charge in [-0.2, -0.15) is 0 Å². The van der Waals surface area contributed by atoms with Crippen LogP contribution in [0.15, 0.2) is 0 Å². The van der Waals surface area contributed by atoms with Crippen LogP contribution in [-0.2, 0) is 28.6 Å². The van der Waals surface area contributed by atoms with Crippen LogP contribution in [0.25, 0.3) is 0 Å². The van der Waals surface area contributed by atoms with Gasteiger partial charge in [0.1, 0.15) is 13.2 Å². The van der Waals surface area contributed by atoms with Gasteiger partial charge in [0.2, 0.25) is 0 Å². The Kier molecular flexibility index (Phi) is 44.2. The van der Waals surface area contributed by atoms with Crippen molar-refractivity contribution in [2.75, 3.05) is 13.2 Å². The van der Waals surface area contributed by atoms with Crippen LogP contribution in [0.4, 0.5) is 0 Å². The van der Waals surface area contributed by atoms with E-state index in [2.05, 4.69) is 27.7 Å². The summed E-state index contributed by atoms with van der Waals surface area (Å²) in [4.78, 5) is 37.7. The van der Waals surface area contributed by atoms with Crippen molar-refractivity contribution in [3.8, 4) is 0 Å². The molecule has 0 fully saturated rings. The van der Waals surface area contributed by atoms with E-state index in [0.29, 0.717) is 19.3 Å². The molecule has 0 saturated heterocycles. The topological polar surface area (TPSA) is 78.9 Å². The maximum atomic E-state index is 12.7. The van der Waals surface area contributed by atoms with Crippen molar-refractivity contribution in [1.29, 1.82) is 0 Å². The maximum absolute atomic E-state index is 12.7. The van der Waals surface area contributed by atoms with E-state index in [4.69, 9.17) is 14.2 Å². The number of hydrogen-bond acceptors (Lipinski definition) is 6. The van der Waals surface area contributed by atoms with Crippen LogP contribution in [0.5, 0.6) is 0 Å². The van der Waals surface area contributed by atoms with Crippen LogP contribution < -0.4 is 0 Å². The van der Waals surface area contributed by atoms with Gasteiger partial charge in [-0.05, 0) is 25.2 Å². The molecule has 0 spiro atoms. The van der Waals surface area contributed by atoms with Gasteiger partial charge < -0.3 is 14.2 Å². The summed E-state index contributed by atoms with van der Waals surface area (Å²) in [5.41, 5.74) is 0. The molecule has 0 aliphatic rings. The zero-order valence-electron chi connectivity index (χ0n) is 38.8. The molecule has 0 radical (unpaired) electrons. The zero-order chi connectivity index (χ0) is 41.7. The minimum atomic E-state index is -0.759. The Labute approximate surface area is 355 Å². The number of carbonyl (C=O) groups excluding carboxylic acids is 3. The Morgan fingerprint density at radius 2 is 0.579 bits per heavy atom. The average Bonchev–Trinajstić information content (AvgIpc) is 3.19. The zero-order valence-corrected chi connectivity index (χ0v) is 38.8. The van der Waals surface area contributed by atoms with Crippen LogP contribution in [0, 0.1) is 5.92 Å². The van der Waals surface area contributed by atoms with E-state index in [-0.39, 0.29) is 31.1 Å². The van der Waals surface area contributed by atoms with E-state index < -0.39 is 6.10 Å². The highest BCUT2D eigenvalue weighted by Gasteiger charge is 2.19. The molecule has 0 saturated carbocycles. The van der Waals surface area contributed by atoms with Gasteiger partial charge in [0.05, 0.1) is 0 Å². The third-order valence-electron chi connectivity index (χ3n) is 11.5. The van der Waals surface area contributed by atoms with Crippen LogP contribution in [-0.4, -0.2) is 37.2 Å². The lowest BCUT2D eigenvalue weighted by Gasteiger charge is -2.18. The fourth-order valence-electron chi connectivity index (χ4n) is 7.69. The first kappa shape index (κ1) is 55.4. The number of unbranched alkanes of at least 4 members (excludes halogenated alkanes) is 33. The summed E-state index contributed by atoms with van der Waals surface area (Å²) in [6, 6.07) is 0. The summed E-state index contributed by atoms with van der Waals surface area (Å²) >= 11 is 0. The molecular weight excluding hydrogens is 709 g/mol. The molecule has 0 rings (SSSR count). The number of rotatable bonds is 46. The number of carbonyl (C=O) groups is 3. The molecule has 1 atom stereocenters. The lowest BCUT2D eigenvalue weighted by Crippen LogP contribution is -2.30. The van der Waals surface area contributed by atoms with Gasteiger partial charge in [0.15, 0.2) is 6.10 Å². The van der Waals surface area contributed by atoms with E-state index in [1.54, 1.807) is 0 Å². The molecule has 0 aliphatic carbocycles. The summed E-state index contributed by atoms with van der Waals surface area (Å²) in [6.45, 7) is 9.00. The second kappa shape index (κ2) is 45.5. The third-order valence-corrected chi connectivity index (χ3v) is 11.5. The molecule has 0 aromatic carbocycles. The minimum Gasteiger partial charge on any atom is -0.462 e. The van der Waals surface area contributed by atoms with Gasteiger partial charge in [-0.3, -0.25) is 14.4 Å². The number of esters is 3. The van der Waals surface area contributed by atoms with Crippen molar-refractivity contribution in [3.05, 3.63) is 0 Å². The van der Waals surface area contributed by atoms with Crippen molar-refractivity contribution in [2.24, 2.45) is 5.92 Å². The molecule has 0 N–H and O–H groups in total. The van der Waals surface area contributed by atoms with E-state index in [9.17, 15) is 14.4 Å². The van der Waals surface area contributed by atoms with Crippen LogP contribution >= 0.6 is 0 Å². The number of hydrogen-bond donors (Lipinski definition) is 0. The van der Waals surface area contributed by atoms with Crippen LogP contribution in [0.3, 0.4) is 0 Å². The normalized spacial score (nSPS) is 11.9. The molecule has 57 heavy (non-hydrogen) atoms. The smallest absolute Gasteiger partial charge is 0.306 e. The predicted octanol–water partition coefficient (Wildman–Crippen LogP) is 16.3. The summed E-state index contributed by atoms with van der Waals surface area (Å²) < 4.78 is 16.7. The first-order valence-corrected chi connectivity index (χ1v) is 25.4. The van der Waals surface area contributed by atoms with Gasteiger partial charge in [-0.1, -0.05) is 246 Å². The Bertz CT molecular complexity index is 857. The summed E-state index contributed by atoms with van der Waals surface area (Å²) in [5, 5.41) is 0. The van der Waals surface area contributed by atoms with Gasteiger partial charge in [0, 0.05) is 19.3 Å². The molecule has 6 heteroatoms. The van der Waals surface area contributed by atoms with Crippen molar-refractivity contribution >= 4 is 17.9 Å². The molecule has 0 bridgehead atoms. The van der Waals surface area contributed by atoms with E-state index in [0.717, 1.165) is 63.7 Å². The van der Waals surface area contributed by atoms with Crippen molar-refractivity contribution < 1.29 is 28.6 Å². The molecule has 0 unspecified atom stereocenters. The fourth-order valence-corrected chi connectivity index (χ4v) is 7.69. The molecule has 338 valence electrons. The van der Waals surface area contributed by atoms with Crippen molar-refractivity contribution in [1.82, 2.24) is 0 Å². The molecular formula is C51H98O6. The molecule has 6 nitrogen and oxygen atoms in total. The quantitative estimate of drug-likeness (QED) is 0.0346.